The number of thiazole rings is 1. The Morgan fingerprint density at radius 1 is 1.15 bits per heavy atom. The molecule has 0 N–H and O–H groups in total. The predicted octanol–water partition coefficient (Wildman–Crippen LogP) is 1.97. The van der Waals surface area contributed by atoms with Gasteiger partial charge in [0.05, 0.1) is 11.2 Å². The highest BCUT2D eigenvalue weighted by Gasteiger charge is 2.33. The fourth-order valence-corrected chi connectivity index (χ4v) is 4.63. The van der Waals surface area contributed by atoms with Crippen molar-refractivity contribution in [3.63, 3.8) is 0 Å². The highest BCUT2D eigenvalue weighted by molar-refractivity contribution is 7.89. The molecule has 1 saturated heterocycles. The van der Waals surface area contributed by atoms with Gasteiger partial charge in [-0.2, -0.15) is 4.31 Å². The van der Waals surface area contributed by atoms with Crippen LogP contribution in [0.15, 0.2) is 40.1 Å². The minimum absolute atomic E-state index is 0.0353. The van der Waals surface area contributed by atoms with Gasteiger partial charge in [0.25, 0.3) is 0 Å². The third kappa shape index (κ3) is 3.81. The van der Waals surface area contributed by atoms with E-state index in [9.17, 15) is 22.0 Å². The minimum atomic E-state index is -4.30. The zero-order valence-corrected chi connectivity index (χ0v) is 15.1. The molecule has 26 heavy (non-hydrogen) atoms. The first-order chi connectivity index (χ1) is 12.4. The molecule has 0 spiro atoms. The lowest BCUT2D eigenvalue weighted by Crippen LogP contribution is -2.50. The van der Waals surface area contributed by atoms with Crippen LogP contribution in [0.1, 0.15) is 5.69 Å². The van der Waals surface area contributed by atoms with Crippen molar-refractivity contribution in [3.8, 4) is 0 Å². The van der Waals surface area contributed by atoms with Crippen molar-refractivity contribution in [1.82, 2.24) is 14.2 Å². The van der Waals surface area contributed by atoms with Crippen LogP contribution in [0.5, 0.6) is 0 Å². The van der Waals surface area contributed by atoms with Crippen molar-refractivity contribution < 1.29 is 22.0 Å². The van der Waals surface area contributed by atoms with Crippen molar-refractivity contribution in [1.29, 1.82) is 0 Å². The molecule has 3 rings (SSSR count). The van der Waals surface area contributed by atoms with Crippen molar-refractivity contribution in [2.24, 2.45) is 0 Å². The lowest BCUT2D eigenvalue weighted by molar-refractivity contribution is -0.127. The third-order valence-electron chi connectivity index (χ3n) is 3.92. The highest BCUT2D eigenvalue weighted by Crippen LogP contribution is 2.23. The Labute approximate surface area is 153 Å². The fraction of sp³-hybridized carbons (Fsp3) is 0.250. The van der Waals surface area contributed by atoms with Gasteiger partial charge in [-0.05, 0) is 18.2 Å². The predicted molar refractivity (Wildman–Crippen MR) is 92.8 cm³/mol. The summed E-state index contributed by atoms with van der Waals surface area (Å²) in [6.45, 7) is 0.198. The Bertz CT molecular complexity index is 902. The van der Waals surface area contributed by atoms with Crippen molar-refractivity contribution in [2.45, 2.75) is 4.90 Å². The number of carbonyl (C=O) groups excluding carboxylic acids is 1. The standard InChI is InChI=1S/C16H15F2N3O3S2/c17-13-2-1-3-14(18)16(13)26(23,24)21-8-6-20(7-9-21)15(22)5-4-12-10-25-11-19-12/h1-5,10-11H,6-9H2/b5-4+. The SMILES string of the molecule is O=C(/C=C/c1cscn1)N1CCN(S(=O)(=O)c2c(F)cccc2F)CC1. The molecule has 0 radical (unpaired) electrons. The first kappa shape index (κ1) is 18.6. The van der Waals surface area contributed by atoms with E-state index in [2.05, 4.69) is 4.98 Å². The lowest BCUT2D eigenvalue weighted by Gasteiger charge is -2.33. The number of halogens is 2. The van der Waals surface area contributed by atoms with E-state index in [4.69, 9.17) is 0 Å². The second-order valence-electron chi connectivity index (χ2n) is 5.53. The number of nitrogens with zero attached hydrogens (tertiary/aromatic N) is 3. The Morgan fingerprint density at radius 3 is 2.38 bits per heavy atom. The molecule has 0 bridgehead atoms. The van der Waals surface area contributed by atoms with Gasteiger partial charge in [0.15, 0.2) is 4.90 Å². The Balaban J connectivity index is 1.67. The molecule has 0 unspecified atom stereocenters. The van der Waals surface area contributed by atoms with E-state index in [0.717, 1.165) is 22.5 Å². The van der Waals surface area contributed by atoms with Crippen molar-refractivity contribution in [3.05, 3.63) is 52.5 Å². The maximum Gasteiger partial charge on any atom is 0.249 e. The Kier molecular flexibility index (Phi) is 5.44. The van der Waals surface area contributed by atoms with Crippen LogP contribution in [0.2, 0.25) is 0 Å². The van der Waals surface area contributed by atoms with Crippen LogP contribution in [-0.4, -0.2) is 54.7 Å². The van der Waals surface area contributed by atoms with Gasteiger partial charge < -0.3 is 4.90 Å². The molecule has 1 aromatic heterocycles. The molecule has 0 atom stereocenters. The third-order valence-corrected chi connectivity index (χ3v) is 6.47. The summed E-state index contributed by atoms with van der Waals surface area (Å²) >= 11 is 1.41. The number of aromatic nitrogens is 1. The van der Waals surface area contributed by atoms with E-state index in [-0.39, 0.29) is 32.1 Å². The zero-order valence-electron chi connectivity index (χ0n) is 13.5. The maximum absolute atomic E-state index is 13.8. The van der Waals surface area contributed by atoms with E-state index < -0.39 is 26.6 Å². The van der Waals surface area contributed by atoms with Crippen LogP contribution in [-0.2, 0) is 14.8 Å². The maximum atomic E-state index is 13.8. The lowest BCUT2D eigenvalue weighted by atomic mass is 10.3. The summed E-state index contributed by atoms with van der Waals surface area (Å²) in [5.41, 5.74) is 2.31. The first-order valence-corrected chi connectivity index (χ1v) is 10.1. The summed E-state index contributed by atoms with van der Waals surface area (Å²) in [4.78, 5) is 16.7. The zero-order chi connectivity index (χ0) is 18.7. The first-order valence-electron chi connectivity index (χ1n) is 7.69. The molecule has 1 aromatic carbocycles. The fourth-order valence-electron chi connectivity index (χ4n) is 2.57. The molecular weight excluding hydrogens is 384 g/mol. The number of hydrogen-bond acceptors (Lipinski definition) is 5. The molecule has 138 valence electrons. The molecule has 0 aliphatic carbocycles. The van der Waals surface area contributed by atoms with Gasteiger partial charge in [-0.25, -0.2) is 22.2 Å². The number of piperazine rings is 1. The number of amides is 1. The molecule has 10 heteroatoms. The van der Waals surface area contributed by atoms with E-state index in [1.807, 2.05) is 0 Å². The number of sulfonamides is 1. The van der Waals surface area contributed by atoms with Gasteiger partial charge in [0.2, 0.25) is 15.9 Å². The monoisotopic (exact) mass is 399 g/mol. The molecule has 1 aliphatic rings. The molecule has 1 amide bonds. The molecule has 6 nitrogen and oxygen atoms in total. The molecule has 2 heterocycles. The summed E-state index contributed by atoms with van der Waals surface area (Å²) < 4.78 is 53.6. The van der Waals surface area contributed by atoms with Crippen molar-refractivity contribution >= 4 is 33.3 Å². The summed E-state index contributed by atoms with van der Waals surface area (Å²) in [6, 6.07) is 2.91. The molecular formula is C16H15F2N3O3S2. The highest BCUT2D eigenvalue weighted by atomic mass is 32.2. The van der Waals surface area contributed by atoms with Gasteiger partial charge in [-0.1, -0.05) is 6.07 Å². The number of carbonyl (C=O) groups is 1. The van der Waals surface area contributed by atoms with E-state index in [0.29, 0.717) is 5.69 Å². The summed E-state index contributed by atoms with van der Waals surface area (Å²) in [5.74, 6) is -2.53. The van der Waals surface area contributed by atoms with Crippen LogP contribution in [0.4, 0.5) is 8.78 Å². The minimum Gasteiger partial charge on any atom is -0.337 e. The van der Waals surface area contributed by atoms with Gasteiger partial charge in [0.1, 0.15) is 11.6 Å². The molecule has 0 saturated carbocycles. The average Bonchev–Trinajstić information content (AvgIpc) is 3.13. The molecule has 1 aliphatic heterocycles. The van der Waals surface area contributed by atoms with E-state index in [1.165, 1.54) is 22.3 Å². The number of hydrogen-bond donors (Lipinski definition) is 0. The quantitative estimate of drug-likeness (QED) is 0.737. The second kappa shape index (κ2) is 7.60. The summed E-state index contributed by atoms with van der Waals surface area (Å²) in [7, 11) is -4.30. The van der Waals surface area contributed by atoms with Crippen LogP contribution in [0.25, 0.3) is 6.08 Å². The Hall–Kier alpha value is -2.17. The smallest absolute Gasteiger partial charge is 0.249 e. The normalized spacial score (nSPS) is 16.3. The van der Waals surface area contributed by atoms with E-state index in [1.54, 1.807) is 17.0 Å². The largest absolute Gasteiger partial charge is 0.337 e. The van der Waals surface area contributed by atoms with E-state index >= 15 is 0 Å². The van der Waals surface area contributed by atoms with Crippen LogP contribution >= 0.6 is 11.3 Å². The van der Waals surface area contributed by atoms with Crippen molar-refractivity contribution in [2.75, 3.05) is 26.2 Å². The average molecular weight is 399 g/mol. The Morgan fingerprint density at radius 2 is 1.81 bits per heavy atom. The number of rotatable bonds is 4. The number of benzene rings is 1. The van der Waals surface area contributed by atoms with Gasteiger partial charge >= 0.3 is 0 Å². The van der Waals surface area contributed by atoms with Gasteiger partial charge in [-0.15, -0.1) is 11.3 Å². The van der Waals surface area contributed by atoms with Gasteiger partial charge in [-0.3, -0.25) is 4.79 Å². The molecule has 2 aromatic rings. The topological polar surface area (TPSA) is 70.6 Å². The summed E-state index contributed by atoms with van der Waals surface area (Å²) in [6.07, 6.45) is 2.95. The van der Waals surface area contributed by atoms with Crippen LogP contribution in [0, 0.1) is 11.6 Å². The van der Waals surface area contributed by atoms with Gasteiger partial charge in [0, 0.05) is 37.6 Å². The molecule has 1 fully saturated rings. The van der Waals surface area contributed by atoms with Crippen LogP contribution in [0.3, 0.4) is 0 Å². The second-order valence-corrected chi connectivity index (χ2v) is 8.12. The van der Waals surface area contributed by atoms with Crippen LogP contribution < -0.4 is 0 Å². The summed E-state index contributed by atoms with van der Waals surface area (Å²) in [5, 5.41) is 1.79.